The van der Waals surface area contributed by atoms with Crippen LogP contribution in [-0.2, 0) is 62.0 Å². The van der Waals surface area contributed by atoms with Crippen molar-refractivity contribution in [2.75, 3.05) is 35.0 Å². The number of phenols is 1. The molecule has 6 aromatic rings. The maximum absolute atomic E-state index is 19.1. The van der Waals surface area contributed by atoms with Gasteiger partial charge in [-0.05, 0) is 130 Å². The van der Waals surface area contributed by atoms with Crippen LogP contribution in [0.5, 0.6) is 34.5 Å². The van der Waals surface area contributed by atoms with Crippen LogP contribution in [0.3, 0.4) is 0 Å². The lowest BCUT2D eigenvalue weighted by Crippen LogP contribution is -2.34. The monoisotopic (exact) mass is 1320 g/mol. The molecule has 0 fully saturated rings. The number of ether oxygens (including phenoxy) is 6. The van der Waals surface area contributed by atoms with Crippen molar-refractivity contribution in [3.63, 3.8) is 0 Å². The summed E-state index contributed by atoms with van der Waals surface area (Å²) >= 11 is 15.1. The highest BCUT2D eigenvalue weighted by atomic mass is 35.5. The Bertz CT molecular complexity index is 3540. The topological polar surface area (TPSA) is 127 Å². The van der Waals surface area contributed by atoms with E-state index in [1.807, 2.05) is 48.5 Å². The number of rotatable bonds is 15. The van der Waals surface area contributed by atoms with Gasteiger partial charge in [-0.1, -0.05) is 189 Å². The molecule has 1 unspecified atom stereocenters. The summed E-state index contributed by atoms with van der Waals surface area (Å²) in [6.45, 7) is 53.7. The van der Waals surface area contributed by atoms with Crippen molar-refractivity contribution in [3.8, 4) is 45.6 Å². The first-order valence-corrected chi connectivity index (χ1v) is 35.8. The summed E-state index contributed by atoms with van der Waals surface area (Å²) in [6.07, 6.45) is -1.33. The minimum atomic E-state index is -4.59. The van der Waals surface area contributed by atoms with Gasteiger partial charge in [0.1, 0.15) is 34.5 Å². The molecule has 0 radical (unpaired) electrons. The van der Waals surface area contributed by atoms with Gasteiger partial charge in [0.2, 0.25) is 0 Å². The van der Waals surface area contributed by atoms with Gasteiger partial charge in [0.05, 0.1) is 45.1 Å². The van der Waals surface area contributed by atoms with E-state index >= 15 is 9.13 Å². The lowest BCUT2D eigenvalue weighted by molar-refractivity contribution is -0.150. The SMILES string of the molecule is CCOC(=O)C(C)Oc1c(Cl)ccc(P(=O)(c2cc(C(C)(C)C)c(OC)c(C(C)(C)C)c2)c2cc(C(C)(C)C)c(OC)c(C(C)(C)C)c2)c1-c1c(P(=O)(c2cc(C(C)(C)C)c(OC)c(C(C)(C)C)c2)c2cc(C(C)(C)C)c(OC)c(C(C)(C)C)c2)ccc(Cl)c1O. The van der Waals surface area contributed by atoms with Crippen LogP contribution in [0, 0.1) is 0 Å². The molecule has 0 saturated carbocycles. The number of hydrogen-bond donors (Lipinski definition) is 1. The summed E-state index contributed by atoms with van der Waals surface area (Å²) in [5.41, 5.74) is 1.67. The number of benzene rings is 6. The predicted octanol–water partition coefficient (Wildman–Crippen LogP) is 18.4. The lowest BCUT2D eigenvalue weighted by Gasteiger charge is -2.35. The molecule has 10 nitrogen and oxygen atoms in total. The molecular formula is C77H106Cl2O10P2. The van der Waals surface area contributed by atoms with Gasteiger partial charge in [-0.25, -0.2) is 4.79 Å². The quantitative estimate of drug-likeness (QED) is 0.0784. The third-order valence-corrected chi connectivity index (χ3v) is 23.7. The number of esters is 1. The molecule has 0 saturated heterocycles. The van der Waals surface area contributed by atoms with E-state index in [4.69, 9.17) is 51.6 Å². The lowest BCUT2D eigenvalue weighted by atomic mass is 9.79. The summed E-state index contributed by atoms with van der Waals surface area (Å²) in [6, 6.07) is 22.4. The van der Waals surface area contributed by atoms with Crippen LogP contribution in [0.4, 0.5) is 0 Å². The van der Waals surface area contributed by atoms with Gasteiger partial charge < -0.3 is 42.7 Å². The Kier molecular flexibility index (Phi) is 21.1. The number of phenolic OH excluding ortho intramolecular Hbond substituents is 1. The van der Waals surface area contributed by atoms with Crippen LogP contribution in [0.15, 0.2) is 72.8 Å². The van der Waals surface area contributed by atoms with Gasteiger partial charge >= 0.3 is 5.97 Å². The largest absolute Gasteiger partial charge is 0.506 e. The van der Waals surface area contributed by atoms with Crippen LogP contribution in [0.2, 0.25) is 10.0 Å². The Morgan fingerprint density at radius 3 is 0.857 bits per heavy atom. The van der Waals surface area contributed by atoms with Crippen molar-refractivity contribution in [3.05, 3.63) is 127 Å². The summed E-state index contributed by atoms with van der Waals surface area (Å²) in [7, 11) is -2.51. The summed E-state index contributed by atoms with van der Waals surface area (Å²) in [5.74, 6) is 1.29. The van der Waals surface area contributed by atoms with Gasteiger partial charge in [-0.2, -0.15) is 0 Å². The molecule has 498 valence electrons. The van der Waals surface area contributed by atoms with Gasteiger partial charge in [0.25, 0.3) is 0 Å². The molecule has 0 aromatic heterocycles. The van der Waals surface area contributed by atoms with Crippen molar-refractivity contribution < 1.29 is 47.5 Å². The van der Waals surface area contributed by atoms with Crippen molar-refractivity contribution >= 4 is 75.3 Å². The van der Waals surface area contributed by atoms with E-state index in [0.29, 0.717) is 44.2 Å². The van der Waals surface area contributed by atoms with E-state index in [1.54, 1.807) is 66.6 Å². The summed E-state index contributed by atoms with van der Waals surface area (Å²) in [4.78, 5) is 14.1. The highest BCUT2D eigenvalue weighted by Gasteiger charge is 2.46. The maximum Gasteiger partial charge on any atom is 0.347 e. The van der Waals surface area contributed by atoms with Crippen LogP contribution >= 0.6 is 37.5 Å². The third-order valence-electron chi connectivity index (χ3n) is 17.1. The predicted molar refractivity (Wildman–Crippen MR) is 385 cm³/mol. The van der Waals surface area contributed by atoms with Gasteiger partial charge in [0, 0.05) is 87.5 Å². The van der Waals surface area contributed by atoms with E-state index in [9.17, 15) is 9.90 Å². The molecule has 0 amide bonds. The van der Waals surface area contributed by atoms with Crippen LogP contribution < -0.4 is 55.5 Å². The Morgan fingerprint density at radius 2 is 0.637 bits per heavy atom. The minimum absolute atomic E-state index is 0.000666. The van der Waals surface area contributed by atoms with Crippen molar-refractivity contribution in [2.24, 2.45) is 0 Å². The van der Waals surface area contributed by atoms with E-state index in [1.165, 1.54) is 0 Å². The number of carbonyl (C=O) groups excluding carboxylic acids is 1. The standard InChI is InChI=1S/C77H106Cl2O10P2/c1-31-88-69(81)44(2)89-68-58(79)33-35-60(91(83,47-40-53(74(15,16)17)66(86-29)54(41-47)75(18,19)20)48-42-55(76(21,22)23)67(87-30)56(43-48)77(24,25)26)62(68)61-59(34-32-57(78)63(61)80)90(82,45-36-49(70(3,4)5)64(84-27)50(37-45)71(6,7)8)46-38-51(72(9,10)11)65(85-28)52(39-46)73(12,13)14/h32-44,80H,31H2,1-30H3. The highest BCUT2D eigenvalue weighted by Crippen LogP contribution is 2.59. The molecule has 1 N–H and O–H groups in total. The molecule has 6 aromatic carbocycles. The zero-order valence-electron chi connectivity index (χ0n) is 60.5. The number of methoxy groups -OCH3 is 4. The molecule has 91 heavy (non-hydrogen) atoms. The molecule has 0 heterocycles. The van der Waals surface area contributed by atoms with Crippen molar-refractivity contribution in [1.82, 2.24) is 0 Å². The first kappa shape index (κ1) is 74.7. The van der Waals surface area contributed by atoms with Crippen LogP contribution in [0.1, 0.15) is 225 Å². The van der Waals surface area contributed by atoms with Crippen LogP contribution in [-0.4, -0.2) is 52.2 Å². The minimum Gasteiger partial charge on any atom is -0.506 e. The smallest absolute Gasteiger partial charge is 0.347 e. The fourth-order valence-corrected chi connectivity index (χ4v) is 18.3. The zero-order valence-corrected chi connectivity index (χ0v) is 63.8. The normalized spacial score (nSPS) is 13.7. The second-order valence-corrected chi connectivity index (χ2v) is 38.9. The van der Waals surface area contributed by atoms with E-state index in [2.05, 4.69) is 166 Å². The molecule has 0 spiro atoms. The van der Waals surface area contributed by atoms with Gasteiger partial charge in [-0.3, -0.25) is 0 Å². The molecule has 0 aliphatic carbocycles. The van der Waals surface area contributed by atoms with Crippen LogP contribution in [0.25, 0.3) is 11.1 Å². The van der Waals surface area contributed by atoms with Gasteiger partial charge in [-0.15, -0.1) is 0 Å². The molecular weight excluding hydrogens is 1220 g/mol. The molecule has 0 bridgehead atoms. The second kappa shape index (κ2) is 25.7. The molecule has 1 atom stereocenters. The first-order valence-electron chi connectivity index (χ1n) is 31.7. The Labute approximate surface area is 557 Å². The number of carbonyl (C=O) groups is 1. The molecule has 0 aliphatic rings. The Morgan fingerprint density at radius 1 is 0.407 bits per heavy atom. The number of halogens is 2. The average Bonchev–Trinajstić information content (AvgIpc) is 0.720. The van der Waals surface area contributed by atoms with E-state index in [-0.39, 0.29) is 44.1 Å². The van der Waals surface area contributed by atoms with E-state index < -0.39 is 75.4 Å². The fourth-order valence-electron chi connectivity index (χ4n) is 12.1. The van der Waals surface area contributed by atoms with E-state index in [0.717, 1.165) is 44.5 Å². The second-order valence-electron chi connectivity index (χ2n) is 32.6. The van der Waals surface area contributed by atoms with Gasteiger partial charge in [0.15, 0.2) is 20.4 Å². The number of hydrogen-bond acceptors (Lipinski definition) is 10. The molecule has 6 rings (SSSR count). The summed E-state index contributed by atoms with van der Waals surface area (Å²) < 4.78 is 76.3. The zero-order chi connectivity index (χ0) is 69.4. The third kappa shape index (κ3) is 14.5. The first-order chi connectivity index (χ1) is 41.3. The molecule has 0 aliphatic heterocycles. The Hall–Kier alpha value is -5.37. The number of aromatic hydroxyl groups is 1. The van der Waals surface area contributed by atoms with Crippen molar-refractivity contribution in [2.45, 2.75) is 229 Å². The maximum atomic E-state index is 19.1. The summed E-state index contributed by atoms with van der Waals surface area (Å²) in [5, 5.41) is 15.5. The Balaban J connectivity index is 2.16. The fraction of sp³-hybridized carbons (Fsp3) is 0.519. The highest BCUT2D eigenvalue weighted by molar-refractivity contribution is 7.86. The average molecular weight is 1320 g/mol. The molecule has 14 heteroatoms. The van der Waals surface area contributed by atoms with Crippen molar-refractivity contribution in [1.29, 1.82) is 0 Å².